The Hall–Kier alpha value is -1.62. The summed E-state index contributed by atoms with van der Waals surface area (Å²) in [7, 11) is 0. The molecule has 1 heterocycles. The normalized spacial score (nSPS) is 24.0. The maximum absolute atomic E-state index is 12.9. The van der Waals surface area contributed by atoms with Gasteiger partial charge in [0, 0.05) is 21.8 Å². The van der Waals surface area contributed by atoms with E-state index in [-0.39, 0.29) is 23.3 Å². The maximum Gasteiger partial charge on any atom is 0.228 e. The molecule has 132 valence electrons. The van der Waals surface area contributed by atoms with Gasteiger partial charge in [-0.1, -0.05) is 22.0 Å². The molecule has 5 heteroatoms. The average Bonchev–Trinajstić information content (AvgIpc) is 3.09. The summed E-state index contributed by atoms with van der Waals surface area (Å²) in [4.78, 5) is 12.9. The van der Waals surface area contributed by atoms with Gasteiger partial charge >= 0.3 is 0 Å². The van der Waals surface area contributed by atoms with Crippen LogP contribution < -0.4 is 5.32 Å². The van der Waals surface area contributed by atoms with Crippen molar-refractivity contribution in [1.82, 2.24) is 9.78 Å². The summed E-state index contributed by atoms with van der Waals surface area (Å²) >= 11 is 3.55. The van der Waals surface area contributed by atoms with Crippen LogP contribution in [0.25, 0.3) is 0 Å². The molecule has 1 fully saturated rings. The van der Waals surface area contributed by atoms with E-state index in [2.05, 4.69) is 58.4 Å². The predicted molar refractivity (Wildman–Crippen MR) is 103 cm³/mol. The molecule has 25 heavy (non-hydrogen) atoms. The zero-order valence-electron chi connectivity index (χ0n) is 15.2. The topological polar surface area (TPSA) is 46.9 Å². The number of hydrogen-bond donors (Lipinski definition) is 1. The van der Waals surface area contributed by atoms with E-state index in [9.17, 15) is 4.79 Å². The number of amides is 1. The number of rotatable bonds is 3. The zero-order chi connectivity index (χ0) is 17.9. The van der Waals surface area contributed by atoms with Gasteiger partial charge in [0.1, 0.15) is 0 Å². The minimum absolute atomic E-state index is 0.0654. The van der Waals surface area contributed by atoms with Crippen molar-refractivity contribution < 1.29 is 4.79 Å². The molecule has 1 N–H and O–H groups in total. The fourth-order valence-electron chi connectivity index (χ4n) is 4.53. The van der Waals surface area contributed by atoms with Crippen molar-refractivity contribution in [2.45, 2.75) is 58.4 Å². The van der Waals surface area contributed by atoms with Crippen molar-refractivity contribution in [3.05, 3.63) is 45.2 Å². The van der Waals surface area contributed by atoms with Gasteiger partial charge in [-0.25, -0.2) is 0 Å². The molecule has 1 spiro atoms. The number of hydrogen-bond acceptors (Lipinski definition) is 2. The lowest BCUT2D eigenvalue weighted by Gasteiger charge is -2.13. The van der Waals surface area contributed by atoms with Gasteiger partial charge < -0.3 is 5.32 Å². The highest BCUT2D eigenvalue weighted by Crippen LogP contribution is 2.62. The summed E-state index contributed by atoms with van der Waals surface area (Å²) in [6.45, 7) is 8.20. The minimum Gasteiger partial charge on any atom is -0.323 e. The monoisotopic (exact) mass is 401 g/mol. The highest BCUT2D eigenvalue weighted by molar-refractivity contribution is 9.10. The minimum atomic E-state index is 0.0654. The molecule has 4 rings (SSSR count). The molecule has 1 saturated carbocycles. The van der Waals surface area contributed by atoms with Crippen molar-refractivity contribution in [3.8, 4) is 0 Å². The number of aryl methyl sites for hydroxylation is 2. The molecule has 0 saturated heterocycles. The molecular formula is C20H24BrN3O. The third kappa shape index (κ3) is 2.55. The summed E-state index contributed by atoms with van der Waals surface area (Å²) in [6.07, 6.45) is 3.12. The molecule has 0 aliphatic heterocycles. The first-order valence-electron chi connectivity index (χ1n) is 8.99. The fraction of sp³-hybridized carbons (Fsp3) is 0.500. The van der Waals surface area contributed by atoms with E-state index >= 15 is 0 Å². The predicted octanol–water partition coefficient (Wildman–Crippen LogP) is 4.69. The molecular weight excluding hydrogens is 378 g/mol. The number of aromatic nitrogens is 2. The average molecular weight is 402 g/mol. The van der Waals surface area contributed by atoms with Crippen LogP contribution in [0, 0.1) is 19.8 Å². The SMILES string of the molecule is Cc1nn(C(C)C)c(C)c1NC(=O)C1CC12CCc1cc(Br)ccc12. The van der Waals surface area contributed by atoms with Crippen LogP contribution in [0.2, 0.25) is 0 Å². The van der Waals surface area contributed by atoms with E-state index in [1.807, 2.05) is 18.5 Å². The van der Waals surface area contributed by atoms with E-state index in [1.165, 1.54) is 11.1 Å². The molecule has 4 nitrogen and oxygen atoms in total. The Morgan fingerprint density at radius 2 is 2.16 bits per heavy atom. The molecule has 2 aromatic rings. The fourth-order valence-corrected chi connectivity index (χ4v) is 4.94. The van der Waals surface area contributed by atoms with Crippen molar-refractivity contribution >= 4 is 27.5 Å². The van der Waals surface area contributed by atoms with Gasteiger partial charge in [0.15, 0.2) is 0 Å². The molecule has 1 amide bonds. The van der Waals surface area contributed by atoms with Crippen LogP contribution in [0.15, 0.2) is 22.7 Å². The van der Waals surface area contributed by atoms with E-state index in [0.717, 1.165) is 40.8 Å². The van der Waals surface area contributed by atoms with E-state index in [4.69, 9.17) is 0 Å². The molecule has 0 radical (unpaired) electrons. The summed E-state index contributed by atoms with van der Waals surface area (Å²) in [5.74, 6) is 0.224. The maximum atomic E-state index is 12.9. The molecule has 2 unspecified atom stereocenters. The lowest BCUT2D eigenvalue weighted by Crippen LogP contribution is -2.20. The van der Waals surface area contributed by atoms with Crippen molar-refractivity contribution in [2.24, 2.45) is 5.92 Å². The molecule has 2 aliphatic carbocycles. The second-order valence-corrected chi connectivity index (χ2v) is 8.70. The van der Waals surface area contributed by atoms with Crippen LogP contribution in [-0.4, -0.2) is 15.7 Å². The number of anilines is 1. The first kappa shape index (κ1) is 16.8. The van der Waals surface area contributed by atoms with Crippen LogP contribution in [0.5, 0.6) is 0 Å². The summed E-state index contributed by atoms with van der Waals surface area (Å²) < 4.78 is 3.10. The number of carbonyl (C=O) groups excluding carboxylic acids is 1. The van der Waals surface area contributed by atoms with Gasteiger partial charge in [0.2, 0.25) is 5.91 Å². The number of benzene rings is 1. The van der Waals surface area contributed by atoms with Crippen LogP contribution >= 0.6 is 15.9 Å². The number of halogens is 1. The Labute approximate surface area is 157 Å². The lowest BCUT2D eigenvalue weighted by atomic mass is 9.95. The Balaban J connectivity index is 1.56. The van der Waals surface area contributed by atoms with Gasteiger partial charge in [0.05, 0.1) is 17.1 Å². The summed E-state index contributed by atoms with van der Waals surface area (Å²) in [5, 5.41) is 7.75. The van der Waals surface area contributed by atoms with Gasteiger partial charge in [-0.05, 0) is 70.2 Å². The molecule has 2 aliphatic rings. The quantitative estimate of drug-likeness (QED) is 0.810. The van der Waals surface area contributed by atoms with Crippen LogP contribution in [0.1, 0.15) is 55.2 Å². The highest BCUT2D eigenvalue weighted by atomic mass is 79.9. The third-order valence-electron chi connectivity index (χ3n) is 5.90. The lowest BCUT2D eigenvalue weighted by molar-refractivity contribution is -0.117. The standard InChI is InChI=1S/C20H24BrN3O/c1-11(2)24-13(4)18(12(3)23-24)22-19(25)17-10-20(17)8-7-14-9-15(21)5-6-16(14)20/h5-6,9,11,17H,7-8,10H2,1-4H3,(H,22,25). The number of carbonyl (C=O) groups is 1. The van der Waals surface area contributed by atoms with Gasteiger partial charge in [0.25, 0.3) is 0 Å². The van der Waals surface area contributed by atoms with E-state index in [1.54, 1.807) is 0 Å². The first-order valence-corrected chi connectivity index (χ1v) is 9.78. The van der Waals surface area contributed by atoms with E-state index in [0.29, 0.717) is 0 Å². The Kier molecular flexibility index (Phi) is 3.83. The number of nitrogens with one attached hydrogen (secondary N) is 1. The van der Waals surface area contributed by atoms with Crippen LogP contribution in [-0.2, 0) is 16.6 Å². The molecule has 1 aromatic carbocycles. The second kappa shape index (κ2) is 5.70. The molecule has 0 bridgehead atoms. The first-order chi connectivity index (χ1) is 11.8. The van der Waals surface area contributed by atoms with Crippen LogP contribution in [0.3, 0.4) is 0 Å². The highest BCUT2D eigenvalue weighted by Gasteiger charge is 2.61. The van der Waals surface area contributed by atoms with Crippen molar-refractivity contribution in [2.75, 3.05) is 5.32 Å². The van der Waals surface area contributed by atoms with Crippen molar-refractivity contribution in [1.29, 1.82) is 0 Å². The summed E-state index contributed by atoms with van der Waals surface area (Å²) in [6, 6.07) is 6.79. The Bertz CT molecular complexity index is 870. The number of fused-ring (bicyclic) bond motifs is 2. The van der Waals surface area contributed by atoms with Crippen molar-refractivity contribution in [3.63, 3.8) is 0 Å². The molecule has 1 aromatic heterocycles. The Morgan fingerprint density at radius 3 is 2.84 bits per heavy atom. The van der Waals surface area contributed by atoms with Crippen LogP contribution in [0.4, 0.5) is 5.69 Å². The van der Waals surface area contributed by atoms with Gasteiger partial charge in [-0.15, -0.1) is 0 Å². The smallest absolute Gasteiger partial charge is 0.228 e. The molecule has 2 atom stereocenters. The largest absolute Gasteiger partial charge is 0.323 e. The van der Waals surface area contributed by atoms with Gasteiger partial charge in [-0.2, -0.15) is 5.10 Å². The van der Waals surface area contributed by atoms with Gasteiger partial charge in [-0.3, -0.25) is 9.48 Å². The third-order valence-corrected chi connectivity index (χ3v) is 6.39. The Morgan fingerprint density at radius 1 is 1.40 bits per heavy atom. The zero-order valence-corrected chi connectivity index (χ0v) is 16.8. The summed E-state index contributed by atoms with van der Waals surface area (Å²) in [5.41, 5.74) is 5.65. The second-order valence-electron chi connectivity index (χ2n) is 7.79. The van der Waals surface area contributed by atoms with E-state index < -0.39 is 0 Å². The number of nitrogens with zero attached hydrogens (tertiary/aromatic N) is 2.